The molecule has 0 fully saturated rings. The van der Waals surface area contributed by atoms with Gasteiger partial charge in [-0.2, -0.15) is 0 Å². The molecule has 110 valence electrons. The highest BCUT2D eigenvalue weighted by molar-refractivity contribution is 5.91. The highest BCUT2D eigenvalue weighted by Crippen LogP contribution is 2.20. The topological polar surface area (TPSA) is 71.5 Å². The summed E-state index contributed by atoms with van der Waals surface area (Å²) < 4.78 is 5.52. The number of anilines is 1. The number of aromatic nitrogens is 1. The summed E-state index contributed by atoms with van der Waals surface area (Å²) in [5.74, 6) is 0.803. The quantitative estimate of drug-likeness (QED) is 0.884. The van der Waals surface area contributed by atoms with Crippen molar-refractivity contribution in [2.24, 2.45) is 0 Å². The molecule has 0 saturated heterocycles. The molecule has 0 aliphatic rings. The number of hydrogen-bond acceptors (Lipinski definition) is 4. The van der Waals surface area contributed by atoms with Crippen LogP contribution < -0.4 is 10.1 Å². The molecule has 0 bridgehead atoms. The minimum absolute atomic E-state index is 0.0880. The number of nitrogens with zero attached hydrogens (tertiary/aromatic N) is 1. The molecule has 0 unspecified atom stereocenters. The van der Waals surface area contributed by atoms with Gasteiger partial charge in [0.05, 0.1) is 6.61 Å². The first-order valence-corrected chi connectivity index (χ1v) is 6.65. The molecule has 0 saturated carbocycles. The summed E-state index contributed by atoms with van der Waals surface area (Å²) in [5, 5.41) is 11.7. The van der Waals surface area contributed by atoms with Crippen LogP contribution in [0.4, 0.5) is 5.82 Å². The molecule has 2 N–H and O–H groups in total. The number of nitrogens with one attached hydrogen (secondary N) is 1. The van der Waals surface area contributed by atoms with Crippen LogP contribution in [0.3, 0.4) is 0 Å². The highest BCUT2D eigenvalue weighted by Gasteiger charge is 2.07. The molecule has 0 radical (unpaired) electrons. The third-order valence-corrected chi connectivity index (χ3v) is 3.19. The fourth-order valence-electron chi connectivity index (χ4n) is 1.84. The molecule has 1 amide bonds. The number of carbonyl (C=O) groups excluding carboxylic acids is 1. The molecule has 5 nitrogen and oxygen atoms in total. The molecule has 5 heteroatoms. The first-order valence-electron chi connectivity index (χ1n) is 6.65. The molecule has 0 aliphatic carbocycles. The Labute approximate surface area is 123 Å². The summed E-state index contributed by atoms with van der Waals surface area (Å²) in [5.41, 5.74) is 2.83. The Balaban J connectivity index is 1.94. The van der Waals surface area contributed by atoms with E-state index >= 15 is 0 Å². The van der Waals surface area contributed by atoms with Crippen molar-refractivity contribution in [1.82, 2.24) is 4.98 Å². The van der Waals surface area contributed by atoms with Gasteiger partial charge in [-0.1, -0.05) is 12.1 Å². The van der Waals surface area contributed by atoms with Crippen LogP contribution in [0.25, 0.3) is 0 Å². The lowest BCUT2D eigenvalue weighted by atomic mass is 10.1. The van der Waals surface area contributed by atoms with Crippen LogP contribution in [0.2, 0.25) is 0 Å². The number of amides is 1. The normalized spacial score (nSPS) is 10.2. The number of pyridine rings is 1. The van der Waals surface area contributed by atoms with E-state index < -0.39 is 0 Å². The summed E-state index contributed by atoms with van der Waals surface area (Å²) in [6, 6.07) is 9.02. The predicted octanol–water partition coefficient (Wildman–Crippen LogP) is 2.21. The van der Waals surface area contributed by atoms with Gasteiger partial charge in [-0.25, -0.2) is 4.98 Å². The van der Waals surface area contributed by atoms with Crippen molar-refractivity contribution in [3.05, 3.63) is 53.2 Å². The highest BCUT2D eigenvalue weighted by atomic mass is 16.5. The van der Waals surface area contributed by atoms with Crippen LogP contribution in [0.1, 0.15) is 16.7 Å². The average molecular weight is 286 g/mol. The fraction of sp³-hybridized carbons (Fsp3) is 0.250. The average Bonchev–Trinajstić information content (AvgIpc) is 2.49. The van der Waals surface area contributed by atoms with Gasteiger partial charge in [-0.05, 0) is 48.7 Å². The van der Waals surface area contributed by atoms with Crippen LogP contribution in [0, 0.1) is 13.8 Å². The van der Waals surface area contributed by atoms with Crippen LogP contribution in [-0.4, -0.2) is 22.6 Å². The number of aliphatic hydroxyl groups excluding tert-OH is 1. The van der Waals surface area contributed by atoms with Crippen molar-refractivity contribution in [3.63, 3.8) is 0 Å². The van der Waals surface area contributed by atoms with Crippen LogP contribution in [0.5, 0.6) is 5.75 Å². The Morgan fingerprint density at radius 2 is 2.14 bits per heavy atom. The summed E-state index contributed by atoms with van der Waals surface area (Å²) >= 11 is 0. The van der Waals surface area contributed by atoms with E-state index in [1.165, 1.54) is 6.20 Å². The predicted molar refractivity (Wildman–Crippen MR) is 80.2 cm³/mol. The van der Waals surface area contributed by atoms with Crippen molar-refractivity contribution < 1.29 is 14.6 Å². The van der Waals surface area contributed by atoms with Gasteiger partial charge in [0.25, 0.3) is 5.91 Å². The SMILES string of the molecule is Cc1cccc(OCC(=O)Nc2cc(CO)ccn2)c1C. The smallest absolute Gasteiger partial charge is 0.263 e. The second-order valence-electron chi connectivity index (χ2n) is 4.74. The zero-order chi connectivity index (χ0) is 15.2. The second-order valence-corrected chi connectivity index (χ2v) is 4.74. The lowest BCUT2D eigenvalue weighted by Gasteiger charge is -2.11. The number of benzene rings is 1. The van der Waals surface area contributed by atoms with Crippen molar-refractivity contribution >= 4 is 11.7 Å². The molecule has 1 aromatic heterocycles. The lowest BCUT2D eigenvalue weighted by molar-refractivity contribution is -0.118. The first kappa shape index (κ1) is 15.0. The maximum absolute atomic E-state index is 11.8. The number of ether oxygens (including phenoxy) is 1. The van der Waals surface area contributed by atoms with E-state index in [-0.39, 0.29) is 19.1 Å². The molecule has 1 heterocycles. The van der Waals surface area contributed by atoms with Gasteiger partial charge >= 0.3 is 0 Å². The van der Waals surface area contributed by atoms with Crippen molar-refractivity contribution in [2.75, 3.05) is 11.9 Å². The monoisotopic (exact) mass is 286 g/mol. The fourth-order valence-corrected chi connectivity index (χ4v) is 1.84. The van der Waals surface area contributed by atoms with Gasteiger partial charge in [0.2, 0.25) is 0 Å². The van der Waals surface area contributed by atoms with Gasteiger partial charge < -0.3 is 15.2 Å². The molecule has 0 spiro atoms. The Bertz CT molecular complexity index is 641. The van der Waals surface area contributed by atoms with Crippen molar-refractivity contribution in [1.29, 1.82) is 0 Å². The Morgan fingerprint density at radius 3 is 2.90 bits per heavy atom. The Morgan fingerprint density at radius 1 is 1.33 bits per heavy atom. The van der Waals surface area contributed by atoms with Crippen LogP contribution in [0.15, 0.2) is 36.5 Å². The third kappa shape index (κ3) is 4.03. The molecular formula is C16H18N2O3. The lowest BCUT2D eigenvalue weighted by Crippen LogP contribution is -2.21. The van der Waals surface area contributed by atoms with Crippen LogP contribution >= 0.6 is 0 Å². The molecule has 21 heavy (non-hydrogen) atoms. The van der Waals surface area contributed by atoms with E-state index in [1.54, 1.807) is 12.1 Å². The second kappa shape index (κ2) is 6.85. The van der Waals surface area contributed by atoms with Gasteiger partial charge in [0.1, 0.15) is 11.6 Å². The van der Waals surface area contributed by atoms with E-state index in [4.69, 9.17) is 9.84 Å². The summed E-state index contributed by atoms with van der Waals surface area (Å²) in [7, 11) is 0. The van der Waals surface area contributed by atoms with E-state index in [2.05, 4.69) is 10.3 Å². The Kier molecular flexibility index (Phi) is 4.90. The largest absolute Gasteiger partial charge is 0.483 e. The molecule has 0 aliphatic heterocycles. The van der Waals surface area contributed by atoms with E-state index in [1.807, 2.05) is 32.0 Å². The maximum Gasteiger partial charge on any atom is 0.263 e. The number of aliphatic hydroxyl groups is 1. The summed E-state index contributed by atoms with van der Waals surface area (Å²) in [4.78, 5) is 15.9. The third-order valence-electron chi connectivity index (χ3n) is 3.19. The molecule has 1 aromatic carbocycles. The molecule has 2 aromatic rings. The zero-order valence-corrected chi connectivity index (χ0v) is 12.1. The van der Waals surface area contributed by atoms with E-state index in [0.717, 1.165) is 11.1 Å². The van der Waals surface area contributed by atoms with Crippen LogP contribution in [-0.2, 0) is 11.4 Å². The van der Waals surface area contributed by atoms with Crippen molar-refractivity contribution in [3.8, 4) is 5.75 Å². The number of aryl methyl sites for hydroxylation is 1. The Hall–Kier alpha value is -2.40. The molecule has 2 rings (SSSR count). The number of hydrogen-bond donors (Lipinski definition) is 2. The first-order chi connectivity index (χ1) is 10.1. The minimum Gasteiger partial charge on any atom is -0.483 e. The number of rotatable bonds is 5. The van der Waals surface area contributed by atoms with Gasteiger partial charge in [0, 0.05) is 6.20 Å². The standard InChI is InChI=1S/C16H18N2O3/c1-11-4-3-5-14(12(11)2)21-10-16(20)18-15-8-13(9-19)6-7-17-15/h3-8,19H,9-10H2,1-2H3,(H,17,18,20). The van der Waals surface area contributed by atoms with Crippen molar-refractivity contribution in [2.45, 2.75) is 20.5 Å². The minimum atomic E-state index is -0.293. The van der Waals surface area contributed by atoms with Gasteiger partial charge in [0.15, 0.2) is 6.61 Å². The summed E-state index contributed by atoms with van der Waals surface area (Å²) in [6.45, 7) is 3.77. The zero-order valence-electron chi connectivity index (χ0n) is 12.1. The number of carbonyl (C=O) groups is 1. The van der Waals surface area contributed by atoms with Gasteiger partial charge in [-0.3, -0.25) is 4.79 Å². The van der Waals surface area contributed by atoms with Gasteiger partial charge in [-0.15, -0.1) is 0 Å². The maximum atomic E-state index is 11.8. The molecule has 0 atom stereocenters. The molecular weight excluding hydrogens is 268 g/mol. The summed E-state index contributed by atoms with van der Waals surface area (Å²) in [6.07, 6.45) is 1.53. The van der Waals surface area contributed by atoms with E-state index in [9.17, 15) is 4.79 Å². The van der Waals surface area contributed by atoms with E-state index in [0.29, 0.717) is 17.1 Å².